The molecule has 1 N–H and O–H groups in total. The van der Waals surface area contributed by atoms with Crippen LogP contribution in [0.5, 0.6) is 0 Å². The Hall–Kier alpha value is -0.780. The van der Waals surface area contributed by atoms with E-state index in [1.807, 2.05) is 6.92 Å². The number of benzene rings is 1. The summed E-state index contributed by atoms with van der Waals surface area (Å²) in [6.07, 6.45) is -4.23. The number of hydrogen-bond acceptors (Lipinski definition) is 2. The smallest absolute Gasteiger partial charge is 0.314 e. The predicted molar refractivity (Wildman–Crippen MR) is 71.7 cm³/mol. The zero-order chi connectivity index (χ0) is 13.2. The molecule has 1 heterocycles. The van der Waals surface area contributed by atoms with Gasteiger partial charge >= 0.3 is 6.18 Å². The fourth-order valence-corrected chi connectivity index (χ4v) is 2.30. The third-order valence-electron chi connectivity index (χ3n) is 3.22. The summed E-state index contributed by atoms with van der Waals surface area (Å²) >= 11 is 0. The number of piperazine rings is 1. The predicted octanol–water partition coefficient (Wildman–Crippen LogP) is 2.93. The number of alkyl halides is 3. The zero-order valence-electron chi connectivity index (χ0n) is 10.7. The molecule has 0 radical (unpaired) electrons. The molecule has 2 nitrogen and oxygen atoms in total. The Morgan fingerprint density at radius 1 is 1.11 bits per heavy atom. The molecule has 0 saturated carbocycles. The minimum Gasteiger partial charge on any atom is -0.314 e. The van der Waals surface area contributed by atoms with Crippen molar-refractivity contribution in [3.63, 3.8) is 0 Å². The Morgan fingerprint density at radius 2 is 1.63 bits per heavy atom. The van der Waals surface area contributed by atoms with Gasteiger partial charge in [-0.15, -0.1) is 12.4 Å². The minimum atomic E-state index is -4.23. The van der Waals surface area contributed by atoms with Crippen LogP contribution in [0.1, 0.15) is 17.2 Å². The van der Waals surface area contributed by atoms with Gasteiger partial charge in [-0.1, -0.05) is 29.8 Å². The summed E-state index contributed by atoms with van der Waals surface area (Å²) in [6.45, 7) is 3.95. The number of halogens is 4. The van der Waals surface area contributed by atoms with Gasteiger partial charge < -0.3 is 5.32 Å². The standard InChI is InChI=1S/C13H17F3N2.ClH/c1-10-2-4-11(5-3-10)12(13(14,15)16)18-8-6-17-7-9-18;/h2-5,12,17H,6-9H2,1H3;1H/t12-;/m0./s1. The van der Waals surface area contributed by atoms with Crippen LogP contribution < -0.4 is 5.32 Å². The molecule has 6 heteroatoms. The fraction of sp³-hybridized carbons (Fsp3) is 0.538. The first-order valence-corrected chi connectivity index (χ1v) is 6.06. The molecule has 1 atom stereocenters. The van der Waals surface area contributed by atoms with Gasteiger partial charge in [0.15, 0.2) is 0 Å². The lowest BCUT2D eigenvalue weighted by molar-refractivity contribution is -0.187. The summed E-state index contributed by atoms with van der Waals surface area (Å²) in [5.74, 6) is 0. The van der Waals surface area contributed by atoms with Crippen molar-refractivity contribution >= 4 is 12.4 Å². The van der Waals surface area contributed by atoms with E-state index in [1.165, 1.54) is 4.90 Å². The molecule has 1 fully saturated rings. The first-order chi connectivity index (χ1) is 8.48. The van der Waals surface area contributed by atoms with E-state index in [0.717, 1.165) is 5.56 Å². The first-order valence-electron chi connectivity index (χ1n) is 6.06. The van der Waals surface area contributed by atoms with Gasteiger partial charge in [-0.05, 0) is 12.5 Å². The molecule has 1 saturated heterocycles. The van der Waals surface area contributed by atoms with Crippen molar-refractivity contribution < 1.29 is 13.2 Å². The molecule has 1 aliphatic heterocycles. The van der Waals surface area contributed by atoms with Crippen molar-refractivity contribution in [2.45, 2.75) is 19.1 Å². The van der Waals surface area contributed by atoms with Crippen molar-refractivity contribution in [1.29, 1.82) is 0 Å². The van der Waals surface area contributed by atoms with E-state index in [-0.39, 0.29) is 12.4 Å². The highest BCUT2D eigenvalue weighted by atomic mass is 35.5. The van der Waals surface area contributed by atoms with E-state index in [0.29, 0.717) is 31.7 Å². The van der Waals surface area contributed by atoms with Crippen molar-refractivity contribution in [1.82, 2.24) is 10.2 Å². The molecule has 1 aromatic carbocycles. The van der Waals surface area contributed by atoms with Crippen LogP contribution in [0, 0.1) is 6.92 Å². The van der Waals surface area contributed by atoms with E-state index >= 15 is 0 Å². The second-order valence-corrected chi connectivity index (χ2v) is 4.64. The Bertz CT molecular complexity index is 386. The minimum absolute atomic E-state index is 0. The molecule has 19 heavy (non-hydrogen) atoms. The molecule has 0 bridgehead atoms. The van der Waals surface area contributed by atoms with Gasteiger partial charge in [-0.25, -0.2) is 0 Å². The lowest BCUT2D eigenvalue weighted by atomic mass is 10.0. The van der Waals surface area contributed by atoms with Crippen molar-refractivity contribution in [2.75, 3.05) is 26.2 Å². The normalized spacial score (nSPS) is 18.7. The van der Waals surface area contributed by atoms with Crippen LogP contribution >= 0.6 is 12.4 Å². The first kappa shape index (κ1) is 16.3. The largest absolute Gasteiger partial charge is 0.408 e. The van der Waals surface area contributed by atoms with E-state index in [1.54, 1.807) is 24.3 Å². The molecule has 0 aliphatic carbocycles. The number of nitrogens with one attached hydrogen (secondary N) is 1. The van der Waals surface area contributed by atoms with Gasteiger partial charge in [0, 0.05) is 26.2 Å². The Morgan fingerprint density at radius 3 is 2.11 bits per heavy atom. The average Bonchev–Trinajstić information content (AvgIpc) is 2.32. The van der Waals surface area contributed by atoms with Gasteiger partial charge in [0.2, 0.25) is 0 Å². The fourth-order valence-electron chi connectivity index (χ4n) is 2.30. The lowest BCUT2D eigenvalue weighted by Gasteiger charge is -2.36. The maximum absolute atomic E-state index is 13.2. The second kappa shape index (κ2) is 6.59. The number of rotatable bonds is 2. The lowest BCUT2D eigenvalue weighted by Crippen LogP contribution is -2.49. The van der Waals surface area contributed by atoms with Crippen LogP contribution in [0.4, 0.5) is 13.2 Å². The molecule has 0 unspecified atom stereocenters. The Labute approximate surface area is 117 Å². The zero-order valence-corrected chi connectivity index (χ0v) is 11.5. The Balaban J connectivity index is 0.00000180. The van der Waals surface area contributed by atoms with Gasteiger partial charge in [-0.3, -0.25) is 4.90 Å². The molecule has 0 spiro atoms. The molecule has 1 aliphatic rings. The van der Waals surface area contributed by atoms with E-state index in [4.69, 9.17) is 0 Å². The highest BCUT2D eigenvalue weighted by Gasteiger charge is 2.44. The monoisotopic (exact) mass is 294 g/mol. The topological polar surface area (TPSA) is 15.3 Å². The van der Waals surface area contributed by atoms with Crippen LogP contribution in [-0.4, -0.2) is 37.3 Å². The summed E-state index contributed by atoms with van der Waals surface area (Å²) in [6, 6.07) is 5.14. The molecule has 1 aromatic rings. The maximum atomic E-state index is 13.2. The SMILES string of the molecule is Cc1ccc([C@H](N2CCNCC2)C(F)(F)F)cc1.Cl. The molecule has 0 aromatic heterocycles. The third-order valence-corrected chi connectivity index (χ3v) is 3.22. The van der Waals surface area contributed by atoms with Gasteiger partial charge in [-0.2, -0.15) is 13.2 Å². The van der Waals surface area contributed by atoms with E-state index < -0.39 is 12.2 Å². The quantitative estimate of drug-likeness (QED) is 0.902. The summed E-state index contributed by atoms with van der Waals surface area (Å²) in [4.78, 5) is 1.50. The molecular weight excluding hydrogens is 277 g/mol. The third kappa shape index (κ3) is 4.09. The molecular formula is C13H18ClF3N2. The number of aryl methyl sites for hydroxylation is 1. The van der Waals surface area contributed by atoms with E-state index in [9.17, 15) is 13.2 Å². The van der Waals surface area contributed by atoms with Crippen molar-refractivity contribution in [3.05, 3.63) is 35.4 Å². The van der Waals surface area contributed by atoms with E-state index in [2.05, 4.69) is 5.32 Å². The molecule has 2 rings (SSSR count). The molecule has 0 amide bonds. The van der Waals surface area contributed by atoms with Gasteiger partial charge in [0.05, 0.1) is 0 Å². The summed E-state index contributed by atoms with van der Waals surface area (Å²) in [5, 5.41) is 3.07. The van der Waals surface area contributed by atoms with Gasteiger partial charge in [0.1, 0.15) is 6.04 Å². The van der Waals surface area contributed by atoms with Crippen LogP contribution in [0.15, 0.2) is 24.3 Å². The second-order valence-electron chi connectivity index (χ2n) is 4.64. The van der Waals surface area contributed by atoms with Crippen LogP contribution in [0.3, 0.4) is 0 Å². The van der Waals surface area contributed by atoms with Gasteiger partial charge in [0.25, 0.3) is 0 Å². The molecule has 108 valence electrons. The number of nitrogens with zero attached hydrogens (tertiary/aromatic N) is 1. The van der Waals surface area contributed by atoms with Crippen LogP contribution in [0.2, 0.25) is 0 Å². The average molecular weight is 295 g/mol. The summed E-state index contributed by atoms with van der Waals surface area (Å²) in [5.41, 5.74) is 1.30. The van der Waals surface area contributed by atoms with Crippen molar-refractivity contribution in [3.8, 4) is 0 Å². The highest BCUT2D eigenvalue weighted by Crippen LogP contribution is 2.37. The summed E-state index contributed by atoms with van der Waals surface area (Å²) < 4.78 is 39.7. The maximum Gasteiger partial charge on any atom is 0.408 e. The number of hydrogen-bond donors (Lipinski definition) is 1. The Kier molecular flexibility index (Phi) is 5.64. The van der Waals surface area contributed by atoms with Crippen LogP contribution in [-0.2, 0) is 0 Å². The van der Waals surface area contributed by atoms with Crippen molar-refractivity contribution in [2.24, 2.45) is 0 Å². The van der Waals surface area contributed by atoms with Crippen LogP contribution in [0.25, 0.3) is 0 Å². The summed E-state index contributed by atoms with van der Waals surface area (Å²) in [7, 11) is 0. The highest BCUT2D eigenvalue weighted by molar-refractivity contribution is 5.85.